The first-order valence-corrected chi connectivity index (χ1v) is 6.83. The summed E-state index contributed by atoms with van der Waals surface area (Å²) in [6.07, 6.45) is 0.550. The molecule has 0 heterocycles. The number of halogens is 2. The largest absolute Gasteiger partial charge is 0.330 e. The molecule has 0 aromatic heterocycles. The normalized spacial score (nSPS) is 12.1. The van der Waals surface area contributed by atoms with Crippen molar-refractivity contribution in [3.05, 3.63) is 29.0 Å². The molecule has 1 aromatic carbocycles. The summed E-state index contributed by atoms with van der Waals surface area (Å²) < 4.78 is 38.1. The Morgan fingerprint density at radius 2 is 2.12 bits per heavy atom. The Kier molecular flexibility index (Phi) is 4.88. The van der Waals surface area contributed by atoms with Crippen LogP contribution in [0.25, 0.3) is 0 Å². The first-order chi connectivity index (χ1) is 7.89. The van der Waals surface area contributed by atoms with Crippen molar-refractivity contribution in [3.8, 4) is 0 Å². The van der Waals surface area contributed by atoms with Gasteiger partial charge in [0.1, 0.15) is 10.7 Å². The molecule has 7 heteroatoms. The lowest BCUT2D eigenvalue weighted by Gasteiger charge is -2.17. The second-order valence-electron chi connectivity index (χ2n) is 3.54. The fourth-order valence-corrected chi connectivity index (χ4v) is 3.00. The minimum atomic E-state index is -3.68. The van der Waals surface area contributed by atoms with Gasteiger partial charge in [0.15, 0.2) is 0 Å². The van der Waals surface area contributed by atoms with Crippen LogP contribution in [0, 0.1) is 5.82 Å². The summed E-state index contributed by atoms with van der Waals surface area (Å²) in [5.74, 6) is -0.571. The third-order valence-electron chi connectivity index (χ3n) is 2.26. The molecule has 1 rings (SSSR count). The maximum atomic E-state index is 12.8. The van der Waals surface area contributed by atoms with Crippen LogP contribution >= 0.6 is 11.6 Å². The summed E-state index contributed by atoms with van der Waals surface area (Å²) in [6, 6.07) is 3.20. The predicted octanol–water partition coefficient (Wildman–Crippen LogP) is 1.45. The highest BCUT2D eigenvalue weighted by atomic mass is 35.5. The molecule has 0 aliphatic carbocycles. The number of hydrogen-bond acceptors (Lipinski definition) is 3. The molecule has 0 unspecified atom stereocenters. The molecule has 0 aliphatic heterocycles. The smallest absolute Gasteiger partial charge is 0.244 e. The number of nitrogens with two attached hydrogens (primary N) is 1. The van der Waals surface area contributed by atoms with Gasteiger partial charge in [-0.05, 0) is 31.2 Å². The van der Waals surface area contributed by atoms with E-state index < -0.39 is 15.8 Å². The third kappa shape index (κ3) is 3.38. The van der Waals surface area contributed by atoms with Gasteiger partial charge in [-0.3, -0.25) is 0 Å². The van der Waals surface area contributed by atoms with Gasteiger partial charge in [-0.15, -0.1) is 0 Å². The van der Waals surface area contributed by atoms with Crippen molar-refractivity contribution < 1.29 is 12.8 Å². The lowest BCUT2D eigenvalue weighted by molar-refractivity contribution is 0.463. The highest BCUT2D eigenvalue weighted by molar-refractivity contribution is 7.89. The summed E-state index contributed by atoms with van der Waals surface area (Å²) in [5, 5.41) is -0.121. The molecule has 0 saturated heterocycles. The van der Waals surface area contributed by atoms with E-state index in [1.54, 1.807) is 0 Å². The minimum absolute atomic E-state index is 0.0971. The Morgan fingerprint density at radius 1 is 1.47 bits per heavy atom. The molecule has 0 atom stereocenters. The van der Waals surface area contributed by atoms with Crippen LogP contribution in [0.15, 0.2) is 23.1 Å². The lowest BCUT2D eigenvalue weighted by Crippen LogP contribution is -2.29. The Labute approximate surface area is 105 Å². The maximum absolute atomic E-state index is 12.8. The number of rotatable bonds is 5. The standard InChI is InChI=1S/C10H14ClFN2O2S/c1-14(6-2-5-13)17(15,16)10-4-3-8(12)7-9(10)11/h3-4,7H,2,5-6,13H2,1H3. The summed E-state index contributed by atoms with van der Waals surface area (Å²) >= 11 is 5.72. The van der Waals surface area contributed by atoms with Crippen LogP contribution in [0.4, 0.5) is 4.39 Å². The molecule has 1 aromatic rings. The fourth-order valence-electron chi connectivity index (χ4n) is 1.29. The summed E-state index contributed by atoms with van der Waals surface area (Å²) in [6.45, 7) is 0.698. The number of benzene rings is 1. The van der Waals surface area contributed by atoms with Gasteiger partial charge in [0, 0.05) is 13.6 Å². The van der Waals surface area contributed by atoms with Crippen LogP contribution in [0.2, 0.25) is 5.02 Å². The average molecular weight is 281 g/mol. The third-order valence-corrected chi connectivity index (χ3v) is 4.60. The van der Waals surface area contributed by atoms with Crippen molar-refractivity contribution in [1.82, 2.24) is 4.31 Å². The van der Waals surface area contributed by atoms with Gasteiger partial charge in [0.25, 0.3) is 0 Å². The SMILES string of the molecule is CN(CCCN)S(=O)(=O)c1ccc(F)cc1Cl. The van der Waals surface area contributed by atoms with Gasteiger partial charge in [-0.25, -0.2) is 17.1 Å². The Morgan fingerprint density at radius 3 is 2.65 bits per heavy atom. The van der Waals surface area contributed by atoms with Crippen LogP contribution in [0.1, 0.15) is 6.42 Å². The lowest BCUT2D eigenvalue weighted by atomic mass is 10.3. The molecule has 0 bridgehead atoms. The number of nitrogens with zero attached hydrogens (tertiary/aromatic N) is 1. The highest BCUT2D eigenvalue weighted by Crippen LogP contribution is 2.24. The van der Waals surface area contributed by atoms with Crippen LogP contribution in [0.5, 0.6) is 0 Å². The number of hydrogen-bond donors (Lipinski definition) is 1. The van der Waals surface area contributed by atoms with Gasteiger partial charge in [0.2, 0.25) is 10.0 Å². The second kappa shape index (κ2) is 5.77. The molecule has 4 nitrogen and oxygen atoms in total. The molecule has 0 saturated carbocycles. The molecule has 0 amide bonds. The van der Waals surface area contributed by atoms with E-state index >= 15 is 0 Å². The van der Waals surface area contributed by atoms with Gasteiger partial charge >= 0.3 is 0 Å². The zero-order chi connectivity index (χ0) is 13.1. The zero-order valence-corrected chi connectivity index (χ0v) is 10.9. The van der Waals surface area contributed by atoms with E-state index in [-0.39, 0.29) is 9.92 Å². The van der Waals surface area contributed by atoms with Gasteiger partial charge < -0.3 is 5.73 Å². The van der Waals surface area contributed by atoms with Crippen molar-refractivity contribution in [3.63, 3.8) is 0 Å². The molecular formula is C10H14ClFN2O2S. The molecule has 0 spiro atoms. The quantitative estimate of drug-likeness (QED) is 0.888. The van der Waals surface area contributed by atoms with Gasteiger partial charge in [-0.1, -0.05) is 11.6 Å². The number of sulfonamides is 1. The van der Waals surface area contributed by atoms with E-state index in [1.807, 2.05) is 0 Å². The summed E-state index contributed by atoms with van der Waals surface area (Å²) in [5.41, 5.74) is 5.31. The molecule has 96 valence electrons. The predicted molar refractivity (Wildman–Crippen MR) is 64.9 cm³/mol. The molecule has 0 aliphatic rings. The summed E-state index contributed by atoms with van der Waals surface area (Å²) in [7, 11) is -2.24. The van der Waals surface area contributed by atoms with Crippen molar-refractivity contribution in [1.29, 1.82) is 0 Å². The van der Waals surface area contributed by atoms with Crippen molar-refractivity contribution in [2.75, 3.05) is 20.1 Å². The van der Waals surface area contributed by atoms with Crippen molar-refractivity contribution in [2.45, 2.75) is 11.3 Å². The second-order valence-corrected chi connectivity index (χ2v) is 5.96. The maximum Gasteiger partial charge on any atom is 0.244 e. The molecule has 0 fully saturated rings. The Balaban J connectivity index is 3.04. The van der Waals surface area contributed by atoms with Crippen LogP contribution < -0.4 is 5.73 Å². The van der Waals surface area contributed by atoms with E-state index in [0.29, 0.717) is 19.5 Å². The monoisotopic (exact) mass is 280 g/mol. The van der Waals surface area contributed by atoms with Crippen molar-refractivity contribution >= 4 is 21.6 Å². The fraction of sp³-hybridized carbons (Fsp3) is 0.400. The zero-order valence-electron chi connectivity index (χ0n) is 9.36. The van der Waals surface area contributed by atoms with Gasteiger partial charge in [0.05, 0.1) is 5.02 Å². The van der Waals surface area contributed by atoms with Crippen LogP contribution in [-0.2, 0) is 10.0 Å². The van der Waals surface area contributed by atoms with Gasteiger partial charge in [-0.2, -0.15) is 0 Å². The molecular weight excluding hydrogens is 267 g/mol. The van der Waals surface area contributed by atoms with E-state index in [9.17, 15) is 12.8 Å². The molecule has 2 N–H and O–H groups in total. The highest BCUT2D eigenvalue weighted by Gasteiger charge is 2.23. The van der Waals surface area contributed by atoms with Crippen LogP contribution in [-0.4, -0.2) is 32.9 Å². The molecule has 0 radical (unpaired) electrons. The Hall–Kier alpha value is -0.690. The average Bonchev–Trinajstić information content (AvgIpc) is 2.25. The topological polar surface area (TPSA) is 63.4 Å². The first kappa shape index (κ1) is 14.4. The Bertz CT molecular complexity index is 493. The van der Waals surface area contributed by atoms with Crippen LogP contribution in [0.3, 0.4) is 0 Å². The molecule has 17 heavy (non-hydrogen) atoms. The minimum Gasteiger partial charge on any atom is -0.330 e. The van der Waals surface area contributed by atoms with E-state index in [4.69, 9.17) is 17.3 Å². The first-order valence-electron chi connectivity index (χ1n) is 5.01. The summed E-state index contributed by atoms with van der Waals surface area (Å²) in [4.78, 5) is -0.0971. The van der Waals surface area contributed by atoms with E-state index in [1.165, 1.54) is 7.05 Å². The van der Waals surface area contributed by atoms with E-state index in [0.717, 1.165) is 22.5 Å². The van der Waals surface area contributed by atoms with E-state index in [2.05, 4.69) is 0 Å². The van der Waals surface area contributed by atoms with Crippen molar-refractivity contribution in [2.24, 2.45) is 5.73 Å².